The molecule has 3 aromatic carbocycles. The first-order valence-corrected chi connectivity index (χ1v) is 8.71. The van der Waals surface area contributed by atoms with Crippen molar-refractivity contribution in [3.63, 3.8) is 0 Å². The molecule has 3 nitrogen and oxygen atoms in total. The van der Waals surface area contributed by atoms with E-state index in [9.17, 15) is 4.79 Å². The monoisotopic (exact) mass is 341 g/mol. The molecule has 3 heteroatoms. The number of rotatable bonds is 4. The van der Waals surface area contributed by atoms with Gasteiger partial charge in [0.15, 0.2) is 0 Å². The fourth-order valence-electron chi connectivity index (χ4n) is 3.18. The second-order valence-electron chi connectivity index (χ2n) is 6.12. The summed E-state index contributed by atoms with van der Waals surface area (Å²) in [4.78, 5) is 15.7. The normalized spacial score (nSPS) is 10.8. The molecule has 0 fully saturated rings. The highest BCUT2D eigenvalue weighted by molar-refractivity contribution is 5.98. The molecule has 0 bridgehead atoms. The topological polar surface area (TPSA) is 42.1 Å². The van der Waals surface area contributed by atoms with Crippen molar-refractivity contribution >= 4 is 16.7 Å². The van der Waals surface area contributed by atoms with E-state index in [0.717, 1.165) is 22.4 Å². The highest BCUT2D eigenvalue weighted by Crippen LogP contribution is 2.31. The number of ether oxygens (including phenoxy) is 1. The Morgan fingerprint density at radius 3 is 2.35 bits per heavy atom. The summed E-state index contributed by atoms with van der Waals surface area (Å²) in [6.07, 6.45) is 0. The number of benzene rings is 3. The molecule has 0 aliphatic carbocycles. The second kappa shape index (κ2) is 6.89. The van der Waals surface area contributed by atoms with Crippen LogP contribution in [0.1, 0.15) is 17.4 Å². The fourth-order valence-corrected chi connectivity index (χ4v) is 3.18. The minimum Gasteiger partial charge on any atom is -0.461 e. The molecule has 0 atom stereocenters. The van der Waals surface area contributed by atoms with E-state index >= 15 is 0 Å². The maximum Gasteiger partial charge on any atom is 0.355 e. The Morgan fingerprint density at radius 1 is 0.846 bits per heavy atom. The third-order valence-corrected chi connectivity index (χ3v) is 4.44. The van der Waals surface area contributed by atoms with E-state index in [0.29, 0.717) is 12.3 Å². The number of carbonyl (C=O) groups is 1. The number of hydrogen-bond acceptors (Lipinski definition) is 2. The second-order valence-corrected chi connectivity index (χ2v) is 6.12. The van der Waals surface area contributed by atoms with E-state index in [1.54, 1.807) is 0 Å². The lowest BCUT2D eigenvalue weighted by molar-refractivity contribution is 0.0521. The molecule has 0 saturated heterocycles. The predicted molar refractivity (Wildman–Crippen MR) is 105 cm³/mol. The fraction of sp³-hybridized carbons (Fsp3) is 0.0870. The van der Waals surface area contributed by atoms with Crippen molar-refractivity contribution < 1.29 is 9.53 Å². The van der Waals surface area contributed by atoms with Gasteiger partial charge in [-0.3, -0.25) is 0 Å². The molecule has 1 aromatic heterocycles. The van der Waals surface area contributed by atoms with Gasteiger partial charge in [0.2, 0.25) is 0 Å². The van der Waals surface area contributed by atoms with Gasteiger partial charge >= 0.3 is 5.97 Å². The van der Waals surface area contributed by atoms with Crippen molar-refractivity contribution in [3.05, 3.63) is 84.6 Å². The van der Waals surface area contributed by atoms with Crippen LogP contribution in [0.4, 0.5) is 0 Å². The van der Waals surface area contributed by atoms with E-state index in [1.807, 2.05) is 55.5 Å². The van der Waals surface area contributed by atoms with Gasteiger partial charge in [-0.2, -0.15) is 0 Å². The van der Waals surface area contributed by atoms with E-state index in [1.165, 1.54) is 10.8 Å². The molecular formula is C23H19NO2. The molecule has 26 heavy (non-hydrogen) atoms. The van der Waals surface area contributed by atoms with Gasteiger partial charge in [-0.15, -0.1) is 0 Å². The zero-order chi connectivity index (χ0) is 17.9. The number of esters is 1. The zero-order valence-electron chi connectivity index (χ0n) is 14.5. The first-order valence-electron chi connectivity index (χ1n) is 8.71. The highest BCUT2D eigenvalue weighted by atomic mass is 16.5. The Hall–Kier alpha value is -3.33. The lowest BCUT2D eigenvalue weighted by Gasteiger charge is -2.03. The van der Waals surface area contributed by atoms with Crippen LogP contribution in [0, 0.1) is 0 Å². The van der Waals surface area contributed by atoms with Gasteiger partial charge in [0.25, 0.3) is 0 Å². The van der Waals surface area contributed by atoms with Gasteiger partial charge in [0, 0.05) is 11.3 Å². The van der Waals surface area contributed by atoms with Crippen LogP contribution in [-0.4, -0.2) is 17.6 Å². The Kier molecular flexibility index (Phi) is 4.28. The lowest BCUT2D eigenvalue weighted by atomic mass is 10.0. The Morgan fingerprint density at radius 2 is 1.58 bits per heavy atom. The summed E-state index contributed by atoms with van der Waals surface area (Å²) < 4.78 is 5.24. The van der Waals surface area contributed by atoms with Crippen molar-refractivity contribution in [1.82, 2.24) is 4.98 Å². The average Bonchev–Trinajstić information content (AvgIpc) is 3.14. The number of hydrogen-bond donors (Lipinski definition) is 1. The molecule has 0 unspecified atom stereocenters. The summed E-state index contributed by atoms with van der Waals surface area (Å²) in [7, 11) is 0. The number of carbonyl (C=O) groups excluding carboxylic acids is 1. The predicted octanol–water partition coefficient (Wildman–Crippen LogP) is 5.68. The summed E-state index contributed by atoms with van der Waals surface area (Å²) in [6, 6.07) is 26.4. The third-order valence-electron chi connectivity index (χ3n) is 4.44. The molecule has 0 saturated carbocycles. The zero-order valence-corrected chi connectivity index (χ0v) is 14.5. The quantitative estimate of drug-likeness (QED) is 0.485. The summed E-state index contributed by atoms with van der Waals surface area (Å²) in [6.45, 7) is 2.16. The SMILES string of the molecule is CCOC(=O)c1[nH]c(-c2ccc3ccccc3c2)cc1-c1ccccc1. The van der Waals surface area contributed by atoms with Gasteiger partial charge in [-0.25, -0.2) is 4.79 Å². The lowest BCUT2D eigenvalue weighted by Crippen LogP contribution is -2.06. The van der Waals surface area contributed by atoms with Crippen LogP contribution in [0.5, 0.6) is 0 Å². The minimum atomic E-state index is -0.335. The largest absolute Gasteiger partial charge is 0.461 e. The van der Waals surface area contributed by atoms with Gasteiger partial charge < -0.3 is 9.72 Å². The maximum atomic E-state index is 12.4. The Bertz CT molecular complexity index is 1060. The van der Waals surface area contributed by atoms with Crippen LogP contribution < -0.4 is 0 Å². The molecular weight excluding hydrogens is 322 g/mol. The molecule has 4 aromatic rings. The van der Waals surface area contributed by atoms with E-state index in [4.69, 9.17) is 4.74 Å². The molecule has 0 spiro atoms. The molecule has 1 heterocycles. The standard InChI is InChI=1S/C23H19NO2/c1-2-26-23(25)22-20(17-9-4-3-5-10-17)15-21(24-22)19-13-12-16-8-6-7-11-18(16)14-19/h3-15,24H,2H2,1H3. The van der Waals surface area contributed by atoms with E-state index in [2.05, 4.69) is 35.3 Å². The average molecular weight is 341 g/mol. The summed E-state index contributed by atoms with van der Waals surface area (Å²) >= 11 is 0. The maximum absolute atomic E-state index is 12.4. The Balaban J connectivity index is 1.84. The summed E-state index contributed by atoms with van der Waals surface area (Å²) in [5.41, 5.74) is 4.27. The van der Waals surface area contributed by atoms with Crippen LogP contribution in [0.25, 0.3) is 33.2 Å². The van der Waals surface area contributed by atoms with Crippen LogP contribution in [0.2, 0.25) is 0 Å². The molecule has 0 aliphatic heterocycles. The van der Waals surface area contributed by atoms with Crippen molar-refractivity contribution in [1.29, 1.82) is 0 Å². The van der Waals surface area contributed by atoms with Crippen molar-refractivity contribution in [3.8, 4) is 22.4 Å². The van der Waals surface area contributed by atoms with Crippen molar-refractivity contribution in [2.45, 2.75) is 6.92 Å². The summed E-state index contributed by atoms with van der Waals surface area (Å²) in [5.74, 6) is -0.335. The van der Waals surface area contributed by atoms with Crippen molar-refractivity contribution in [2.24, 2.45) is 0 Å². The molecule has 0 amide bonds. The number of H-pyrrole nitrogens is 1. The van der Waals surface area contributed by atoms with Gasteiger partial charge in [0.1, 0.15) is 5.69 Å². The van der Waals surface area contributed by atoms with Crippen molar-refractivity contribution in [2.75, 3.05) is 6.61 Å². The van der Waals surface area contributed by atoms with Crippen LogP contribution in [0.15, 0.2) is 78.9 Å². The van der Waals surface area contributed by atoms with Gasteiger partial charge in [0.05, 0.1) is 6.61 Å². The highest BCUT2D eigenvalue weighted by Gasteiger charge is 2.18. The van der Waals surface area contributed by atoms with E-state index in [-0.39, 0.29) is 5.97 Å². The van der Waals surface area contributed by atoms with Gasteiger partial charge in [-0.1, -0.05) is 66.7 Å². The molecule has 0 radical (unpaired) electrons. The molecule has 1 N–H and O–H groups in total. The first-order chi connectivity index (χ1) is 12.8. The van der Waals surface area contributed by atoms with E-state index < -0.39 is 0 Å². The number of fused-ring (bicyclic) bond motifs is 1. The van der Waals surface area contributed by atoms with Crippen LogP contribution in [0.3, 0.4) is 0 Å². The minimum absolute atomic E-state index is 0.335. The molecule has 4 rings (SSSR count). The smallest absolute Gasteiger partial charge is 0.355 e. The number of aromatic nitrogens is 1. The summed E-state index contributed by atoms with van der Waals surface area (Å²) in [5, 5.41) is 2.36. The molecule has 0 aliphatic rings. The Labute approximate surface area is 152 Å². The number of nitrogens with one attached hydrogen (secondary N) is 1. The first kappa shape index (κ1) is 16.2. The number of aromatic amines is 1. The molecule has 128 valence electrons. The third kappa shape index (κ3) is 3.00. The van der Waals surface area contributed by atoms with Crippen LogP contribution in [-0.2, 0) is 4.74 Å². The van der Waals surface area contributed by atoms with Gasteiger partial charge in [-0.05, 0) is 41.0 Å². The van der Waals surface area contributed by atoms with Crippen LogP contribution >= 0.6 is 0 Å².